The van der Waals surface area contributed by atoms with Crippen molar-refractivity contribution in [1.82, 2.24) is 0 Å². The molecule has 0 aliphatic carbocycles. The Balaban J connectivity index is 1.70. The van der Waals surface area contributed by atoms with Gasteiger partial charge < -0.3 is 9.84 Å². The molecule has 0 aromatic carbocycles. The van der Waals surface area contributed by atoms with E-state index in [1.807, 2.05) is 0 Å². The van der Waals surface area contributed by atoms with Gasteiger partial charge in [0.1, 0.15) is 0 Å². The summed E-state index contributed by atoms with van der Waals surface area (Å²) in [4.78, 5) is 10.4. The number of epoxide rings is 1. The molecule has 2 atom stereocenters. The van der Waals surface area contributed by atoms with Crippen molar-refractivity contribution < 1.29 is 14.6 Å². The maximum atomic E-state index is 10.4. The normalized spacial score (nSPS) is 20.2. The van der Waals surface area contributed by atoms with Crippen molar-refractivity contribution in [3.05, 3.63) is 12.2 Å². The van der Waals surface area contributed by atoms with Gasteiger partial charge in [0, 0.05) is 6.42 Å². The van der Waals surface area contributed by atoms with Crippen LogP contribution in [-0.2, 0) is 9.53 Å². The fraction of sp³-hybridized carbons (Fsp3) is 0.850. The molecule has 0 amide bonds. The number of aliphatic carboxylic acids is 1. The largest absolute Gasteiger partial charge is 0.481 e. The van der Waals surface area contributed by atoms with Crippen molar-refractivity contribution in [3.63, 3.8) is 0 Å². The van der Waals surface area contributed by atoms with Gasteiger partial charge in [0.15, 0.2) is 0 Å². The zero-order valence-corrected chi connectivity index (χ0v) is 15.0. The molecular weight excluding hydrogens is 288 g/mol. The first-order chi connectivity index (χ1) is 11.2. The minimum Gasteiger partial charge on any atom is -0.481 e. The molecule has 0 bridgehead atoms. The van der Waals surface area contributed by atoms with E-state index in [9.17, 15) is 4.79 Å². The van der Waals surface area contributed by atoms with Gasteiger partial charge in [0.2, 0.25) is 0 Å². The summed E-state index contributed by atoms with van der Waals surface area (Å²) in [7, 11) is 0. The number of carboxylic acid groups (broad SMARTS) is 1. The third-order valence-corrected chi connectivity index (χ3v) is 4.64. The molecule has 0 saturated carbocycles. The second kappa shape index (κ2) is 13.6. The van der Waals surface area contributed by atoms with E-state index in [-0.39, 0.29) is 0 Å². The minimum atomic E-state index is -0.661. The van der Waals surface area contributed by atoms with E-state index in [0.29, 0.717) is 18.6 Å². The van der Waals surface area contributed by atoms with Gasteiger partial charge in [-0.05, 0) is 32.1 Å². The monoisotopic (exact) mass is 324 g/mol. The zero-order valence-electron chi connectivity index (χ0n) is 15.0. The highest BCUT2D eigenvalue weighted by molar-refractivity contribution is 5.66. The molecule has 134 valence electrons. The van der Waals surface area contributed by atoms with Crippen LogP contribution < -0.4 is 0 Å². The van der Waals surface area contributed by atoms with Gasteiger partial charge >= 0.3 is 5.97 Å². The maximum absolute atomic E-state index is 10.4. The molecule has 3 heteroatoms. The highest BCUT2D eigenvalue weighted by Gasteiger charge is 2.35. The molecule has 3 nitrogen and oxygen atoms in total. The first-order valence-corrected chi connectivity index (χ1v) is 9.76. The van der Waals surface area contributed by atoms with Crippen molar-refractivity contribution in [1.29, 1.82) is 0 Å². The highest BCUT2D eigenvalue weighted by Crippen LogP contribution is 2.28. The molecule has 1 fully saturated rings. The molecule has 1 N–H and O–H groups in total. The van der Waals surface area contributed by atoms with E-state index in [2.05, 4.69) is 19.1 Å². The first-order valence-electron chi connectivity index (χ1n) is 9.76. The van der Waals surface area contributed by atoms with Gasteiger partial charge in [-0.3, -0.25) is 4.79 Å². The average molecular weight is 325 g/mol. The number of hydrogen-bond donors (Lipinski definition) is 1. The molecule has 1 rings (SSSR count). The van der Waals surface area contributed by atoms with E-state index in [1.165, 1.54) is 57.8 Å². The van der Waals surface area contributed by atoms with Crippen molar-refractivity contribution in [2.75, 3.05) is 0 Å². The van der Waals surface area contributed by atoms with E-state index < -0.39 is 5.97 Å². The number of ether oxygens (including phenoxy) is 1. The summed E-state index contributed by atoms with van der Waals surface area (Å²) >= 11 is 0. The number of rotatable bonds is 16. The highest BCUT2D eigenvalue weighted by atomic mass is 16.6. The Hall–Kier alpha value is -0.830. The van der Waals surface area contributed by atoms with Crippen molar-refractivity contribution >= 4 is 5.97 Å². The molecule has 1 heterocycles. The summed E-state index contributed by atoms with van der Waals surface area (Å²) in [5.41, 5.74) is 0. The van der Waals surface area contributed by atoms with Crippen LogP contribution in [0.3, 0.4) is 0 Å². The molecule has 0 unspecified atom stereocenters. The van der Waals surface area contributed by atoms with Gasteiger partial charge in [-0.2, -0.15) is 0 Å². The third kappa shape index (κ3) is 12.3. The summed E-state index contributed by atoms with van der Waals surface area (Å²) in [6, 6.07) is 0. The third-order valence-electron chi connectivity index (χ3n) is 4.64. The Morgan fingerprint density at radius 3 is 1.96 bits per heavy atom. The Morgan fingerprint density at radius 2 is 1.43 bits per heavy atom. The van der Waals surface area contributed by atoms with Crippen LogP contribution in [0.15, 0.2) is 12.2 Å². The molecule has 23 heavy (non-hydrogen) atoms. The minimum absolute atomic E-state index is 0.335. The van der Waals surface area contributed by atoms with Crippen LogP contribution in [0.25, 0.3) is 0 Å². The molecule has 1 aliphatic rings. The van der Waals surface area contributed by atoms with E-state index in [0.717, 1.165) is 25.7 Å². The number of carboxylic acids is 1. The van der Waals surface area contributed by atoms with Crippen LogP contribution in [0.1, 0.15) is 96.8 Å². The summed E-state index contributed by atoms with van der Waals surface area (Å²) in [6.45, 7) is 2.19. The molecule has 0 radical (unpaired) electrons. The fourth-order valence-corrected chi connectivity index (χ4v) is 3.05. The standard InChI is InChI=1S/C20H36O3/c1-2-18-19(23-18)16-14-12-10-8-6-4-3-5-7-9-11-13-15-17-20(21)22/h12,14,18-19H,2-11,13,15-17H2,1H3,(H,21,22)/t18-,19+/m1/s1. The smallest absolute Gasteiger partial charge is 0.303 e. The lowest BCUT2D eigenvalue weighted by atomic mass is 10.0. The summed E-state index contributed by atoms with van der Waals surface area (Å²) in [6.07, 6.45) is 21.9. The van der Waals surface area contributed by atoms with E-state index in [1.54, 1.807) is 0 Å². The Labute approximate surface area is 142 Å². The van der Waals surface area contributed by atoms with Crippen LogP contribution in [0.4, 0.5) is 0 Å². The lowest BCUT2D eigenvalue weighted by Gasteiger charge is -2.01. The molecule has 0 spiro atoms. The van der Waals surface area contributed by atoms with E-state index in [4.69, 9.17) is 9.84 Å². The van der Waals surface area contributed by atoms with Gasteiger partial charge in [-0.1, -0.05) is 70.4 Å². The number of allylic oxidation sites excluding steroid dienone is 1. The van der Waals surface area contributed by atoms with Gasteiger partial charge in [0.25, 0.3) is 0 Å². The van der Waals surface area contributed by atoms with Crippen LogP contribution in [0.2, 0.25) is 0 Å². The Bertz CT molecular complexity index is 325. The van der Waals surface area contributed by atoms with E-state index >= 15 is 0 Å². The van der Waals surface area contributed by atoms with Crippen molar-refractivity contribution in [2.24, 2.45) is 0 Å². The topological polar surface area (TPSA) is 49.8 Å². The summed E-state index contributed by atoms with van der Waals surface area (Å²) < 4.78 is 5.51. The quantitative estimate of drug-likeness (QED) is 0.219. The predicted octanol–water partition coefficient (Wildman–Crippen LogP) is 5.88. The number of unbranched alkanes of at least 4 members (excludes halogenated alkanes) is 10. The van der Waals surface area contributed by atoms with Gasteiger partial charge in [-0.15, -0.1) is 0 Å². The van der Waals surface area contributed by atoms with Crippen LogP contribution in [0.5, 0.6) is 0 Å². The van der Waals surface area contributed by atoms with Crippen LogP contribution >= 0.6 is 0 Å². The SMILES string of the molecule is CC[C@H]1O[C@H]1CC=CCCCCCCCCCCCCC(=O)O. The van der Waals surface area contributed by atoms with Crippen molar-refractivity contribution in [2.45, 2.75) is 109 Å². The predicted molar refractivity (Wildman–Crippen MR) is 95.7 cm³/mol. The average Bonchev–Trinajstić information content (AvgIpc) is 3.29. The molecule has 0 aromatic heterocycles. The lowest BCUT2D eigenvalue weighted by Crippen LogP contribution is -1.93. The van der Waals surface area contributed by atoms with Gasteiger partial charge in [0.05, 0.1) is 12.2 Å². The number of hydrogen-bond acceptors (Lipinski definition) is 2. The van der Waals surface area contributed by atoms with Crippen LogP contribution in [-0.4, -0.2) is 23.3 Å². The second-order valence-corrected chi connectivity index (χ2v) is 6.80. The van der Waals surface area contributed by atoms with Crippen LogP contribution in [0, 0.1) is 0 Å². The second-order valence-electron chi connectivity index (χ2n) is 6.80. The Morgan fingerprint density at radius 1 is 0.870 bits per heavy atom. The lowest BCUT2D eigenvalue weighted by molar-refractivity contribution is -0.137. The molecule has 1 saturated heterocycles. The number of carbonyl (C=O) groups is 1. The molecular formula is C20H36O3. The molecule has 1 aliphatic heterocycles. The summed E-state index contributed by atoms with van der Waals surface area (Å²) in [5.74, 6) is -0.661. The van der Waals surface area contributed by atoms with Crippen molar-refractivity contribution in [3.8, 4) is 0 Å². The maximum Gasteiger partial charge on any atom is 0.303 e. The summed E-state index contributed by atoms with van der Waals surface area (Å²) in [5, 5.41) is 8.54. The first kappa shape index (κ1) is 20.2. The molecule has 0 aromatic rings. The Kier molecular flexibility index (Phi) is 11.9. The van der Waals surface area contributed by atoms with Gasteiger partial charge in [-0.25, -0.2) is 0 Å². The zero-order chi connectivity index (χ0) is 16.8. The fourth-order valence-electron chi connectivity index (χ4n) is 3.05.